The van der Waals surface area contributed by atoms with E-state index in [4.69, 9.17) is 0 Å². The Morgan fingerprint density at radius 2 is 1.17 bits per heavy atom. The number of fused-ring (bicyclic) bond motifs is 5. The molecule has 1 saturated carbocycles. The molecular formula is C24H30. The van der Waals surface area contributed by atoms with Gasteiger partial charge in [0.05, 0.1) is 0 Å². The Labute approximate surface area is 147 Å². The van der Waals surface area contributed by atoms with Crippen molar-refractivity contribution in [3.05, 3.63) is 59.7 Å². The quantitative estimate of drug-likeness (QED) is 0.569. The largest absolute Gasteiger partial charge is 0.0649 e. The fourth-order valence-electron chi connectivity index (χ4n) is 6.38. The minimum atomic E-state index is 0.209. The van der Waals surface area contributed by atoms with Gasteiger partial charge >= 0.3 is 0 Å². The van der Waals surface area contributed by atoms with E-state index in [1.54, 1.807) is 11.1 Å². The van der Waals surface area contributed by atoms with E-state index in [2.05, 4.69) is 76.2 Å². The molecule has 4 rings (SSSR count). The summed E-state index contributed by atoms with van der Waals surface area (Å²) in [5, 5.41) is 0. The summed E-state index contributed by atoms with van der Waals surface area (Å²) < 4.78 is 0. The second-order valence-corrected chi connectivity index (χ2v) is 8.38. The zero-order valence-electron chi connectivity index (χ0n) is 15.6. The average molecular weight is 319 g/mol. The Hall–Kier alpha value is -1.56. The Kier molecular flexibility index (Phi) is 3.64. The average Bonchev–Trinajstić information content (AvgIpc) is 2.92. The number of rotatable bonds is 2. The molecule has 2 unspecified atom stereocenters. The second-order valence-electron chi connectivity index (χ2n) is 8.38. The standard InChI is InChI=1S/C24H30/c1-5-23(6-2)15-17(3)24(18(4)16-23)21-13-9-7-11-19(21)20-12-8-10-14-22(20)24/h7-14,17-18H,5-6,15-16H2,1-4H3. The van der Waals surface area contributed by atoms with E-state index >= 15 is 0 Å². The van der Waals surface area contributed by atoms with Crippen LogP contribution in [0.5, 0.6) is 0 Å². The van der Waals surface area contributed by atoms with E-state index in [1.165, 1.54) is 36.8 Å². The summed E-state index contributed by atoms with van der Waals surface area (Å²) in [7, 11) is 0. The molecule has 2 aromatic carbocycles. The van der Waals surface area contributed by atoms with Gasteiger partial charge in [-0.25, -0.2) is 0 Å². The van der Waals surface area contributed by atoms with Crippen molar-refractivity contribution in [2.75, 3.05) is 0 Å². The molecule has 0 heteroatoms. The van der Waals surface area contributed by atoms with E-state index in [0.29, 0.717) is 17.3 Å². The summed E-state index contributed by atoms with van der Waals surface area (Å²) >= 11 is 0. The lowest BCUT2D eigenvalue weighted by Gasteiger charge is -2.54. The van der Waals surface area contributed by atoms with Crippen molar-refractivity contribution in [3.63, 3.8) is 0 Å². The molecule has 1 fully saturated rings. The molecule has 0 N–H and O–H groups in total. The normalized spacial score (nSPS) is 26.2. The summed E-state index contributed by atoms with van der Waals surface area (Å²) in [4.78, 5) is 0. The summed E-state index contributed by atoms with van der Waals surface area (Å²) in [5.74, 6) is 1.37. The van der Waals surface area contributed by atoms with Crippen LogP contribution in [0.2, 0.25) is 0 Å². The molecule has 0 saturated heterocycles. The van der Waals surface area contributed by atoms with E-state index in [9.17, 15) is 0 Å². The zero-order valence-corrected chi connectivity index (χ0v) is 15.6. The Bertz CT molecular complexity index is 689. The maximum Gasteiger partial charge on any atom is 0.0266 e. The van der Waals surface area contributed by atoms with Crippen LogP contribution in [0.1, 0.15) is 64.5 Å². The highest BCUT2D eigenvalue weighted by Gasteiger charge is 2.55. The van der Waals surface area contributed by atoms with Crippen molar-refractivity contribution in [3.8, 4) is 11.1 Å². The van der Waals surface area contributed by atoms with Crippen molar-refractivity contribution >= 4 is 0 Å². The summed E-state index contributed by atoms with van der Waals surface area (Å²) in [5.41, 5.74) is 6.89. The van der Waals surface area contributed by atoms with Gasteiger partial charge in [-0.1, -0.05) is 89.1 Å². The molecule has 0 bridgehead atoms. The monoisotopic (exact) mass is 318 g/mol. The third-order valence-corrected chi connectivity index (χ3v) is 7.57. The van der Waals surface area contributed by atoms with Crippen LogP contribution in [0.25, 0.3) is 11.1 Å². The molecule has 0 aliphatic heterocycles. The minimum Gasteiger partial charge on any atom is -0.0649 e. The van der Waals surface area contributed by atoms with Gasteiger partial charge in [0, 0.05) is 5.41 Å². The van der Waals surface area contributed by atoms with Crippen LogP contribution in [0.15, 0.2) is 48.5 Å². The maximum atomic E-state index is 2.52. The van der Waals surface area contributed by atoms with Crippen LogP contribution < -0.4 is 0 Å². The predicted molar refractivity (Wildman–Crippen MR) is 103 cm³/mol. The predicted octanol–water partition coefficient (Wildman–Crippen LogP) is 6.83. The first-order valence-electron chi connectivity index (χ1n) is 9.78. The molecule has 0 aromatic heterocycles. The van der Waals surface area contributed by atoms with Crippen LogP contribution in [-0.4, -0.2) is 0 Å². The zero-order chi connectivity index (χ0) is 16.9. The highest BCUT2D eigenvalue weighted by molar-refractivity contribution is 5.81. The summed E-state index contributed by atoms with van der Waals surface area (Å²) in [6.07, 6.45) is 5.34. The topological polar surface area (TPSA) is 0 Å². The van der Waals surface area contributed by atoms with Crippen molar-refractivity contribution in [2.45, 2.75) is 58.8 Å². The van der Waals surface area contributed by atoms with Gasteiger partial charge in [0.25, 0.3) is 0 Å². The SMILES string of the molecule is CCC1(CC)CC(C)C2(c3ccccc3-c3ccccc32)C(C)C1. The highest BCUT2D eigenvalue weighted by atomic mass is 14.6. The third kappa shape index (κ3) is 1.86. The van der Waals surface area contributed by atoms with Gasteiger partial charge in [0.2, 0.25) is 0 Å². The van der Waals surface area contributed by atoms with E-state index < -0.39 is 0 Å². The van der Waals surface area contributed by atoms with Gasteiger partial charge in [-0.15, -0.1) is 0 Å². The molecule has 24 heavy (non-hydrogen) atoms. The Morgan fingerprint density at radius 3 is 1.58 bits per heavy atom. The van der Waals surface area contributed by atoms with Gasteiger partial charge < -0.3 is 0 Å². The first-order valence-corrected chi connectivity index (χ1v) is 9.78. The molecule has 0 heterocycles. The molecular weight excluding hydrogens is 288 g/mol. The fraction of sp³-hybridized carbons (Fsp3) is 0.500. The van der Waals surface area contributed by atoms with Crippen molar-refractivity contribution in [1.82, 2.24) is 0 Å². The fourth-order valence-corrected chi connectivity index (χ4v) is 6.38. The molecule has 0 amide bonds. The second kappa shape index (κ2) is 5.48. The number of hydrogen-bond acceptors (Lipinski definition) is 0. The molecule has 2 aliphatic rings. The molecule has 1 spiro atoms. The van der Waals surface area contributed by atoms with Crippen LogP contribution in [0.3, 0.4) is 0 Å². The lowest BCUT2D eigenvalue weighted by molar-refractivity contribution is 0.0373. The van der Waals surface area contributed by atoms with E-state index in [-0.39, 0.29) is 5.41 Å². The van der Waals surface area contributed by atoms with E-state index in [1.807, 2.05) is 0 Å². The molecule has 2 atom stereocenters. The maximum absolute atomic E-state index is 2.52. The van der Waals surface area contributed by atoms with Crippen LogP contribution in [-0.2, 0) is 5.41 Å². The molecule has 2 aromatic rings. The lowest BCUT2D eigenvalue weighted by Crippen LogP contribution is -2.48. The van der Waals surface area contributed by atoms with Gasteiger partial charge in [-0.05, 0) is 52.3 Å². The molecule has 126 valence electrons. The molecule has 0 radical (unpaired) electrons. The smallest absolute Gasteiger partial charge is 0.0266 e. The molecule has 0 nitrogen and oxygen atoms in total. The Balaban J connectivity index is 1.95. The lowest BCUT2D eigenvalue weighted by atomic mass is 9.50. The van der Waals surface area contributed by atoms with Crippen molar-refractivity contribution < 1.29 is 0 Å². The summed E-state index contributed by atoms with van der Waals surface area (Å²) in [6.45, 7) is 9.85. The van der Waals surface area contributed by atoms with Gasteiger partial charge in [-0.2, -0.15) is 0 Å². The minimum absolute atomic E-state index is 0.209. The van der Waals surface area contributed by atoms with Crippen LogP contribution in [0, 0.1) is 17.3 Å². The number of hydrogen-bond donors (Lipinski definition) is 0. The van der Waals surface area contributed by atoms with Crippen molar-refractivity contribution in [2.24, 2.45) is 17.3 Å². The van der Waals surface area contributed by atoms with Crippen LogP contribution >= 0.6 is 0 Å². The Morgan fingerprint density at radius 1 is 0.750 bits per heavy atom. The van der Waals surface area contributed by atoms with Crippen molar-refractivity contribution in [1.29, 1.82) is 0 Å². The summed E-state index contributed by atoms with van der Waals surface area (Å²) in [6, 6.07) is 18.4. The van der Waals surface area contributed by atoms with E-state index in [0.717, 1.165) is 0 Å². The van der Waals surface area contributed by atoms with Crippen LogP contribution in [0.4, 0.5) is 0 Å². The molecule has 2 aliphatic carbocycles. The highest BCUT2D eigenvalue weighted by Crippen LogP contribution is 2.64. The van der Waals surface area contributed by atoms with Gasteiger partial charge in [0.1, 0.15) is 0 Å². The third-order valence-electron chi connectivity index (χ3n) is 7.57. The van der Waals surface area contributed by atoms with Gasteiger partial charge in [-0.3, -0.25) is 0 Å². The first-order chi connectivity index (χ1) is 11.6. The number of benzene rings is 2. The van der Waals surface area contributed by atoms with Gasteiger partial charge in [0.15, 0.2) is 0 Å². The first kappa shape index (κ1) is 15.9.